The molecule has 88 valence electrons. The Morgan fingerprint density at radius 2 is 1.87 bits per heavy atom. The molecule has 4 nitrogen and oxygen atoms in total. The van der Waals surface area contributed by atoms with Gasteiger partial charge in [-0.1, -0.05) is 13.2 Å². The lowest BCUT2D eigenvalue weighted by Crippen LogP contribution is -2.45. The third-order valence-electron chi connectivity index (χ3n) is 2.26. The summed E-state index contributed by atoms with van der Waals surface area (Å²) in [6.07, 6.45) is 4.23. The molecular formula is C10H21N2O2S+. The third kappa shape index (κ3) is 7.30. The Labute approximate surface area is 92.7 Å². The molecule has 0 heterocycles. The molecule has 0 aliphatic carbocycles. The van der Waals surface area contributed by atoms with Crippen molar-refractivity contribution in [2.75, 3.05) is 32.4 Å². The Morgan fingerprint density at radius 3 is 2.20 bits per heavy atom. The molecule has 15 heavy (non-hydrogen) atoms. The van der Waals surface area contributed by atoms with Crippen molar-refractivity contribution in [2.45, 2.75) is 6.42 Å². The normalized spacial score (nSPS) is 15.6. The second-order valence-corrected chi connectivity index (χ2v) is 5.67. The summed E-state index contributed by atoms with van der Waals surface area (Å²) in [6, 6.07) is 0. The zero-order valence-electron chi connectivity index (χ0n) is 9.32. The van der Waals surface area contributed by atoms with Gasteiger partial charge in [0.1, 0.15) is 0 Å². The first-order valence-electron chi connectivity index (χ1n) is 4.87. The zero-order chi connectivity index (χ0) is 11.9. The molecular weight excluding hydrogens is 212 g/mol. The molecule has 0 aliphatic heterocycles. The lowest BCUT2D eigenvalue weighted by Gasteiger charge is -2.32. The molecule has 0 aromatic carbocycles. The van der Waals surface area contributed by atoms with Crippen LogP contribution in [0.1, 0.15) is 6.42 Å². The van der Waals surface area contributed by atoms with E-state index in [1.165, 1.54) is 0 Å². The van der Waals surface area contributed by atoms with Crippen LogP contribution in [0.15, 0.2) is 25.3 Å². The molecule has 5 heteroatoms. The smallest absolute Gasteiger partial charge is 0.158 e. The minimum Gasteiger partial charge on any atom is -0.320 e. The number of hydrogen-bond acceptors (Lipinski definition) is 2. The standard InChI is InChI=1S/C10H20N2O2S/c1-4-7-12(3,8-5-2)9-6-10-15(11,13)14/h4-5H,1-2,6-10H2,3H3,(H-,11,13,14)/p+1. The summed E-state index contributed by atoms with van der Waals surface area (Å²) in [6.45, 7) is 9.75. The number of hydrogen-bond donors (Lipinski definition) is 2. The first-order valence-corrected chi connectivity index (χ1v) is 6.56. The number of nitrogens with one attached hydrogen (secondary N) is 1. The quantitative estimate of drug-likeness (QED) is 0.495. The van der Waals surface area contributed by atoms with E-state index in [1.807, 2.05) is 19.2 Å². The summed E-state index contributed by atoms with van der Waals surface area (Å²) in [5.41, 5.74) is 0. The van der Waals surface area contributed by atoms with Gasteiger partial charge in [-0.2, -0.15) is 0 Å². The molecule has 1 atom stereocenters. The van der Waals surface area contributed by atoms with E-state index in [-0.39, 0.29) is 5.75 Å². The summed E-state index contributed by atoms with van der Waals surface area (Å²) in [4.78, 5) is 0. The van der Waals surface area contributed by atoms with Gasteiger partial charge in [-0.05, 0) is 12.2 Å². The molecule has 0 spiro atoms. The number of likely N-dealkylation sites (N-methyl/N-ethyl adjacent to an activating group) is 1. The van der Waals surface area contributed by atoms with E-state index in [1.54, 1.807) is 0 Å². The van der Waals surface area contributed by atoms with Gasteiger partial charge < -0.3 is 9.04 Å². The van der Waals surface area contributed by atoms with Gasteiger partial charge in [0.25, 0.3) is 0 Å². The van der Waals surface area contributed by atoms with Crippen LogP contribution in [0.2, 0.25) is 0 Å². The van der Waals surface area contributed by atoms with Crippen molar-refractivity contribution >= 4 is 10.0 Å². The van der Waals surface area contributed by atoms with Gasteiger partial charge in [-0.15, -0.1) is 0 Å². The minimum absolute atomic E-state index is 0.0368. The van der Waals surface area contributed by atoms with Crippen LogP contribution in [-0.2, 0) is 10.0 Å². The summed E-state index contributed by atoms with van der Waals surface area (Å²) in [5.74, 6) is 0.0368. The topological polar surface area (TPSA) is 61.2 Å². The zero-order valence-corrected chi connectivity index (χ0v) is 10.1. The average Bonchev–Trinajstić information content (AvgIpc) is 2.01. The summed E-state index contributed by atoms with van der Waals surface area (Å²) in [7, 11) is -1.29. The summed E-state index contributed by atoms with van der Waals surface area (Å²) < 4.78 is 27.2. The van der Waals surface area contributed by atoms with Crippen molar-refractivity contribution in [1.82, 2.24) is 0 Å². The van der Waals surface area contributed by atoms with Crippen LogP contribution in [0.4, 0.5) is 0 Å². The van der Waals surface area contributed by atoms with Crippen molar-refractivity contribution in [2.24, 2.45) is 0 Å². The average molecular weight is 233 g/mol. The van der Waals surface area contributed by atoms with Gasteiger partial charge in [-0.25, -0.2) is 8.99 Å². The highest BCUT2D eigenvalue weighted by Crippen LogP contribution is 2.05. The van der Waals surface area contributed by atoms with Gasteiger partial charge in [0, 0.05) is 6.42 Å². The lowest BCUT2D eigenvalue weighted by molar-refractivity contribution is -0.898. The number of nitrogens with zero attached hydrogens (tertiary/aromatic N) is 1. The first kappa shape index (κ1) is 14.3. The molecule has 0 radical (unpaired) electrons. The largest absolute Gasteiger partial charge is 0.320 e. The fourth-order valence-corrected chi connectivity index (χ4v) is 2.04. The summed E-state index contributed by atoms with van der Waals surface area (Å²) in [5, 5.41) is 0. The second-order valence-electron chi connectivity index (χ2n) is 3.98. The van der Waals surface area contributed by atoms with Gasteiger partial charge in [-0.3, -0.25) is 0 Å². The van der Waals surface area contributed by atoms with Crippen LogP contribution in [-0.4, -0.2) is 45.7 Å². The van der Waals surface area contributed by atoms with Gasteiger partial charge in [0.15, 0.2) is 10.0 Å². The fourth-order valence-electron chi connectivity index (χ4n) is 1.52. The van der Waals surface area contributed by atoms with Gasteiger partial charge in [0.05, 0.1) is 32.4 Å². The van der Waals surface area contributed by atoms with E-state index >= 15 is 0 Å². The Balaban J connectivity index is 4.18. The molecule has 0 aliphatic rings. The van der Waals surface area contributed by atoms with E-state index in [0.29, 0.717) is 6.42 Å². The van der Waals surface area contributed by atoms with Gasteiger partial charge in [0.2, 0.25) is 0 Å². The van der Waals surface area contributed by atoms with Crippen LogP contribution in [0.5, 0.6) is 0 Å². The van der Waals surface area contributed by atoms with Crippen LogP contribution < -0.4 is 0 Å². The molecule has 0 rings (SSSR count). The third-order valence-corrected chi connectivity index (χ3v) is 3.10. The van der Waals surface area contributed by atoms with Crippen LogP contribution in [0.25, 0.3) is 0 Å². The molecule has 0 fully saturated rings. The summed E-state index contributed by atoms with van der Waals surface area (Å²) >= 11 is 0. The maximum Gasteiger partial charge on any atom is 0.158 e. The van der Waals surface area contributed by atoms with Crippen molar-refractivity contribution in [3.63, 3.8) is 0 Å². The second kappa shape index (κ2) is 6.05. The molecule has 0 aromatic rings. The SMILES string of the molecule is C=CC[N+](C)(CC=C)CCCS(=N)(=O)O. The van der Waals surface area contributed by atoms with Crippen LogP contribution in [0, 0.1) is 4.78 Å². The Hall–Kier alpha value is -0.650. The Kier molecular flexibility index (Phi) is 5.79. The molecule has 0 amide bonds. The fraction of sp³-hybridized carbons (Fsp3) is 0.600. The predicted molar refractivity (Wildman–Crippen MR) is 64.2 cm³/mol. The maximum absolute atomic E-state index is 10.8. The lowest BCUT2D eigenvalue weighted by atomic mass is 10.3. The molecule has 0 saturated heterocycles. The predicted octanol–water partition coefficient (Wildman–Crippen LogP) is 1.71. The van der Waals surface area contributed by atoms with E-state index in [9.17, 15) is 4.21 Å². The van der Waals surface area contributed by atoms with E-state index in [2.05, 4.69) is 13.2 Å². The van der Waals surface area contributed by atoms with Crippen LogP contribution >= 0.6 is 0 Å². The van der Waals surface area contributed by atoms with Crippen molar-refractivity contribution < 1.29 is 13.2 Å². The molecule has 2 N–H and O–H groups in total. The minimum atomic E-state index is -3.34. The van der Waals surface area contributed by atoms with E-state index in [4.69, 9.17) is 9.33 Å². The first-order chi connectivity index (χ1) is 6.83. The van der Waals surface area contributed by atoms with Crippen molar-refractivity contribution in [3.05, 3.63) is 25.3 Å². The number of rotatable bonds is 8. The monoisotopic (exact) mass is 233 g/mol. The molecule has 0 saturated carbocycles. The van der Waals surface area contributed by atoms with E-state index < -0.39 is 10.0 Å². The van der Waals surface area contributed by atoms with Gasteiger partial charge >= 0.3 is 0 Å². The molecule has 1 unspecified atom stereocenters. The van der Waals surface area contributed by atoms with E-state index in [0.717, 1.165) is 24.1 Å². The molecule has 0 aromatic heterocycles. The highest BCUT2D eigenvalue weighted by Gasteiger charge is 2.18. The molecule has 0 bridgehead atoms. The van der Waals surface area contributed by atoms with Crippen LogP contribution in [0.3, 0.4) is 0 Å². The highest BCUT2D eigenvalue weighted by molar-refractivity contribution is 7.86. The highest BCUT2D eigenvalue weighted by atomic mass is 32.2. The maximum atomic E-state index is 10.8. The number of quaternary nitrogens is 1. The Bertz CT molecular complexity index is 299. The Morgan fingerprint density at radius 1 is 1.40 bits per heavy atom. The van der Waals surface area contributed by atoms with Crippen molar-refractivity contribution in [3.8, 4) is 0 Å². The van der Waals surface area contributed by atoms with Crippen molar-refractivity contribution in [1.29, 1.82) is 4.78 Å².